The molecule has 0 aliphatic heterocycles. The van der Waals surface area contributed by atoms with Crippen LogP contribution in [0.15, 0.2) is 33.6 Å². The van der Waals surface area contributed by atoms with Gasteiger partial charge in [0.1, 0.15) is 5.76 Å². The summed E-state index contributed by atoms with van der Waals surface area (Å²) in [4.78, 5) is 28.6. The largest absolute Gasteiger partial charge is 0.360 e. The first-order valence-electron chi connectivity index (χ1n) is 5.59. The van der Waals surface area contributed by atoms with Gasteiger partial charge in [-0.15, -0.1) is 0 Å². The maximum absolute atomic E-state index is 12.1. The monoisotopic (exact) mass is 258 g/mol. The van der Waals surface area contributed by atoms with Gasteiger partial charge in [0.25, 0.3) is 5.91 Å². The molecule has 1 aromatic carbocycles. The standard InChI is InChI=1S/C12H10N4O3/c1-6-5-9(16-19-6)14-11(17)7-3-2-4-8-10(7)15-12(18)13-8/h2-5H,1H3,(H2,13,15,18)(H,14,16,17). The summed E-state index contributed by atoms with van der Waals surface area (Å²) in [7, 11) is 0. The Hall–Kier alpha value is -2.83. The van der Waals surface area contributed by atoms with Crippen molar-refractivity contribution in [3.63, 3.8) is 0 Å². The average Bonchev–Trinajstić information content (AvgIpc) is 2.93. The molecule has 0 spiro atoms. The van der Waals surface area contributed by atoms with Crippen LogP contribution >= 0.6 is 0 Å². The lowest BCUT2D eigenvalue weighted by atomic mass is 10.1. The molecule has 3 rings (SSSR count). The van der Waals surface area contributed by atoms with Gasteiger partial charge in [0.2, 0.25) is 0 Å². The molecule has 0 unspecified atom stereocenters. The number of aromatic nitrogens is 3. The molecule has 3 N–H and O–H groups in total. The van der Waals surface area contributed by atoms with E-state index < -0.39 is 0 Å². The highest BCUT2D eigenvalue weighted by molar-refractivity contribution is 6.11. The van der Waals surface area contributed by atoms with Crippen molar-refractivity contribution in [2.45, 2.75) is 6.92 Å². The van der Waals surface area contributed by atoms with Gasteiger partial charge in [-0.25, -0.2) is 4.79 Å². The molecule has 0 atom stereocenters. The van der Waals surface area contributed by atoms with Gasteiger partial charge in [-0.1, -0.05) is 11.2 Å². The minimum Gasteiger partial charge on any atom is -0.360 e. The minimum absolute atomic E-state index is 0.331. The zero-order chi connectivity index (χ0) is 13.4. The predicted octanol–water partition coefficient (Wildman–Crippen LogP) is 1.40. The van der Waals surface area contributed by atoms with E-state index in [0.717, 1.165) is 0 Å². The van der Waals surface area contributed by atoms with Crippen molar-refractivity contribution in [1.82, 2.24) is 15.1 Å². The number of carbonyl (C=O) groups excluding carboxylic acids is 1. The van der Waals surface area contributed by atoms with Gasteiger partial charge in [0.15, 0.2) is 5.82 Å². The van der Waals surface area contributed by atoms with Crippen LogP contribution < -0.4 is 11.0 Å². The van der Waals surface area contributed by atoms with Crippen LogP contribution in [0.4, 0.5) is 5.82 Å². The van der Waals surface area contributed by atoms with E-state index in [9.17, 15) is 9.59 Å². The summed E-state index contributed by atoms with van der Waals surface area (Å²) in [5.41, 5.74) is 1.04. The van der Waals surface area contributed by atoms with Crippen LogP contribution in [-0.2, 0) is 0 Å². The first-order chi connectivity index (χ1) is 9.13. The third-order valence-electron chi connectivity index (χ3n) is 2.67. The number of nitrogens with zero attached hydrogens (tertiary/aromatic N) is 1. The number of hydrogen-bond acceptors (Lipinski definition) is 4. The summed E-state index contributed by atoms with van der Waals surface area (Å²) in [6, 6.07) is 6.63. The molecule has 0 saturated heterocycles. The molecule has 2 aromatic heterocycles. The van der Waals surface area contributed by atoms with Crippen LogP contribution in [0.3, 0.4) is 0 Å². The Balaban J connectivity index is 1.99. The van der Waals surface area contributed by atoms with E-state index in [1.807, 2.05) is 0 Å². The van der Waals surface area contributed by atoms with Crippen molar-refractivity contribution in [2.24, 2.45) is 0 Å². The second kappa shape index (κ2) is 4.13. The molecule has 0 saturated carbocycles. The number of carbonyl (C=O) groups is 1. The van der Waals surface area contributed by atoms with Crippen LogP contribution in [-0.4, -0.2) is 21.0 Å². The SMILES string of the molecule is Cc1cc(NC(=O)c2cccc3[nH]c(=O)[nH]c23)no1. The number of H-pyrrole nitrogens is 2. The van der Waals surface area contributed by atoms with E-state index in [0.29, 0.717) is 28.2 Å². The summed E-state index contributed by atoms with van der Waals surface area (Å²) in [6.45, 7) is 1.73. The Bertz CT molecular complexity index is 812. The van der Waals surface area contributed by atoms with Crippen molar-refractivity contribution in [3.8, 4) is 0 Å². The number of imidazole rings is 1. The fourth-order valence-corrected chi connectivity index (χ4v) is 1.86. The summed E-state index contributed by atoms with van der Waals surface area (Å²) in [5, 5.41) is 6.28. The molecule has 96 valence electrons. The molecule has 0 aliphatic carbocycles. The normalized spacial score (nSPS) is 10.8. The van der Waals surface area contributed by atoms with E-state index in [1.165, 1.54) is 0 Å². The van der Waals surface area contributed by atoms with Gasteiger partial charge >= 0.3 is 5.69 Å². The third-order valence-corrected chi connectivity index (χ3v) is 2.67. The van der Waals surface area contributed by atoms with Gasteiger partial charge in [-0.2, -0.15) is 0 Å². The van der Waals surface area contributed by atoms with Crippen molar-refractivity contribution in [3.05, 3.63) is 46.1 Å². The maximum Gasteiger partial charge on any atom is 0.323 e. The molecule has 1 amide bonds. The number of aryl methyl sites for hydroxylation is 1. The number of hydrogen-bond donors (Lipinski definition) is 3. The number of benzene rings is 1. The first-order valence-corrected chi connectivity index (χ1v) is 5.59. The molecule has 7 heteroatoms. The van der Waals surface area contributed by atoms with E-state index in [4.69, 9.17) is 4.52 Å². The second-order valence-corrected chi connectivity index (χ2v) is 4.08. The molecule has 0 fully saturated rings. The predicted molar refractivity (Wildman–Crippen MR) is 68.1 cm³/mol. The second-order valence-electron chi connectivity index (χ2n) is 4.08. The lowest BCUT2D eigenvalue weighted by molar-refractivity contribution is 0.102. The zero-order valence-corrected chi connectivity index (χ0v) is 9.98. The molecule has 19 heavy (non-hydrogen) atoms. The average molecular weight is 258 g/mol. The van der Waals surface area contributed by atoms with Crippen LogP contribution in [0.2, 0.25) is 0 Å². The highest BCUT2D eigenvalue weighted by Gasteiger charge is 2.13. The first kappa shape index (κ1) is 11.3. The zero-order valence-electron chi connectivity index (χ0n) is 9.98. The maximum atomic E-state index is 12.1. The number of rotatable bonds is 2. The van der Waals surface area contributed by atoms with Crippen LogP contribution in [0, 0.1) is 6.92 Å². The van der Waals surface area contributed by atoms with E-state index in [1.54, 1.807) is 31.2 Å². The van der Waals surface area contributed by atoms with Crippen LogP contribution in [0.25, 0.3) is 11.0 Å². The molecule has 3 aromatic rings. The van der Waals surface area contributed by atoms with E-state index >= 15 is 0 Å². The number of anilines is 1. The lowest BCUT2D eigenvalue weighted by Gasteiger charge is -2.02. The Labute approximate surface area is 106 Å². The van der Waals surface area contributed by atoms with Gasteiger partial charge in [0.05, 0.1) is 16.6 Å². The highest BCUT2D eigenvalue weighted by atomic mass is 16.5. The lowest BCUT2D eigenvalue weighted by Crippen LogP contribution is -2.12. The Morgan fingerprint density at radius 3 is 2.95 bits per heavy atom. The van der Waals surface area contributed by atoms with E-state index in [2.05, 4.69) is 20.4 Å². The third kappa shape index (κ3) is 2.01. The summed E-state index contributed by atoms with van der Waals surface area (Å²) in [5.74, 6) is 0.565. The minimum atomic E-state index is -0.367. The van der Waals surface area contributed by atoms with Crippen molar-refractivity contribution < 1.29 is 9.32 Å². The number of aromatic amines is 2. The Morgan fingerprint density at radius 2 is 2.21 bits per heavy atom. The van der Waals surface area contributed by atoms with Crippen molar-refractivity contribution in [2.75, 3.05) is 5.32 Å². The summed E-state index contributed by atoms with van der Waals surface area (Å²) < 4.78 is 4.86. The number of nitrogens with one attached hydrogen (secondary N) is 3. The summed E-state index contributed by atoms with van der Waals surface area (Å²) >= 11 is 0. The molecule has 0 aliphatic rings. The number of amides is 1. The molecule has 0 radical (unpaired) electrons. The number of para-hydroxylation sites is 1. The fraction of sp³-hybridized carbons (Fsp3) is 0.0833. The summed E-state index contributed by atoms with van der Waals surface area (Å²) in [6.07, 6.45) is 0. The highest BCUT2D eigenvalue weighted by Crippen LogP contribution is 2.15. The molecule has 7 nitrogen and oxygen atoms in total. The van der Waals surface area contributed by atoms with Crippen LogP contribution in [0.1, 0.15) is 16.1 Å². The van der Waals surface area contributed by atoms with Gasteiger partial charge in [0, 0.05) is 6.07 Å². The molecular weight excluding hydrogens is 248 g/mol. The van der Waals surface area contributed by atoms with Gasteiger partial charge in [-0.05, 0) is 19.1 Å². The van der Waals surface area contributed by atoms with Crippen LogP contribution in [0.5, 0.6) is 0 Å². The van der Waals surface area contributed by atoms with Gasteiger partial charge < -0.3 is 19.8 Å². The molecule has 0 bridgehead atoms. The Morgan fingerprint density at radius 1 is 1.37 bits per heavy atom. The number of fused-ring (bicyclic) bond motifs is 1. The van der Waals surface area contributed by atoms with Crippen molar-refractivity contribution in [1.29, 1.82) is 0 Å². The smallest absolute Gasteiger partial charge is 0.323 e. The fourth-order valence-electron chi connectivity index (χ4n) is 1.86. The van der Waals surface area contributed by atoms with E-state index in [-0.39, 0.29) is 11.6 Å². The molecular formula is C12H10N4O3. The molecule has 2 heterocycles. The van der Waals surface area contributed by atoms with Gasteiger partial charge in [-0.3, -0.25) is 4.79 Å². The Kier molecular flexibility index (Phi) is 2.45. The van der Waals surface area contributed by atoms with Crippen molar-refractivity contribution >= 4 is 22.8 Å². The topological polar surface area (TPSA) is 104 Å². The quantitative estimate of drug-likeness (QED) is 0.646.